The number of carbonyl (C=O) groups excluding carboxylic acids is 1. The maximum atomic E-state index is 11.3. The van der Waals surface area contributed by atoms with Crippen LogP contribution in [0.3, 0.4) is 0 Å². The van der Waals surface area contributed by atoms with E-state index in [2.05, 4.69) is 0 Å². The van der Waals surface area contributed by atoms with Crippen LogP contribution in [0.5, 0.6) is 0 Å². The molecule has 4 nitrogen and oxygen atoms in total. The molecule has 1 saturated heterocycles. The maximum Gasteiger partial charge on any atom is 0.249 e. The molecule has 0 spiro atoms. The molecule has 0 radical (unpaired) electrons. The molecule has 4 heteroatoms. The van der Waals surface area contributed by atoms with Crippen molar-refractivity contribution in [3.05, 3.63) is 0 Å². The topological polar surface area (TPSA) is 58.6 Å². The number of nitrogens with one attached hydrogen (secondary N) is 1. The fraction of sp³-hybridized carbons (Fsp3) is 0.875. The summed E-state index contributed by atoms with van der Waals surface area (Å²) in [5.74, 6) is -0.270. The number of carbonyl (C=O) groups is 1. The van der Waals surface area contributed by atoms with Gasteiger partial charge in [0.1, 0.15) is 0 Å². The second kappa shape index (κ2) is 3.87. The Morgan fingerprint density at radius 3 is 2.58 bits per heavy atom. The smallest absolute Gasteiger partial charge is 0.249 e. The van der Waals surface area contributed by atoms with Gasteiger partial charge >= 0.3 is 0 Å². The normalized spacial score (nSPS) is 21.8. The Morgan fingerprint density at radius 2 is 2.17 bits per heavy atom. The van der Waals surface area contributed by atoms with Gasteiger partial charge < -0.3 is 4.74 Å². The zero-order chi connectivity index (χ0) is 9.03. The monoisotopic (exact) mass is 173 g/mol. The van der Waals surface area contributed by atoms with Gasteiger partial charge in [0.15, 0.2) is 0 Å². The van der Waals surface area contributed by atoms with E-state index in [4.69, 9.17) is 9.94 Å². The number of ether oxygens (including phenoxy) is 1. The van der Waals surface area contributed by atoms with Gasteiger partial charge in [0.2, 0.25) is 5.91 Å². The minimum absolute atomic E-state index is 0.270. The molecule has 0 atom stereocenters. The lowest BCUT2D eigenvalue weighted by atomic mass is 9.77. The Bertz CT molecular complexity index is 164. The minimum atomic E-state index is -0.396. The molecule has 2 N–H and O–H groups in total. The van der Waals surface area contributed by atoms with Gasteiger partial charge in [0, 0.05) is 13.2 Å². The molecule has 1 fully saturated rings. The Hall–Kier alpha value is -0.610. The summed E-state index contributed by atoms with van der Waals surface area (Å²) in [5, 5.41) is 8.54. The molecule has 1 amide bonds. The third-order valence-electron chi connectivity index (χ3n) is 2.71. The Balaban J connectivity index is 2.66. The molecular weight excluding hydrogens is 158 g/mol. The van der Waals surface area contributed by atoms with E-state index in [-0.39, 0.29) is 5.91 Å². The van der Waals surface area contributed by atoms with Crippen molar-refractivity contribution in [3.63, 3.8) is 0 Å². The van der Waals surface area contributed by atoms with E-state index < -0.39 is 5.41 Å². The summed E-state index contributed by atoms with van der Waals surface area (Å²) >= 11 is 0. The molecule has 1 aliphatic heterocycles. The molecule has 0 aromatic rings. The van der Waals surface area contributed by atoms with Gasteiger partial charge in [-0.25, -0.2) is 5.48 Å². The molecule has 1 rings (SSSR count). The Kier molecular flexibility index (Phi) is 3.05. The zero-order valence-corrected chi connectivity index (χ0v) is 7.30. The van der Waals surface area contributed by atoms with E-state index in [0.717, 1.165) is 6.42 Å². The van der Waals surface area contributed by atoms with Gasteiger partial charge in [-0.3, -0.25) is 10.0 Å². The molecule has 0 aliphatic carbocycles. The summed E-state index contributed by atoms with van der Waals surface area (Å²) in [7, 11) is 0. The molecule has 0 unspecified atom stereocenters. The van der Waals surface area contributed by atoms with Gasteiger partial charge in [-0.15, -0.1) is 0 Å². The van der Waals surface area contributed by atoms with Crippen LogP contribution in [-0.2, 0) is 9.53 Å². The lowest BCUT2D eigenvalue weighted by Gasteiger charge is -2.33. The van der Waals surface area contributed by atoms with Crippen LogP contribution < -0.4 is 5.48 Å². The van der Waals surface area contributed by atoms with E-state index in [1.54, 1.807) is 5.48 Å². The Labute approximate surface area is 71.9 Å². The second-order valence-electron chi connectivity index (χ2n) is 3.19. The van der Waals surface area contributed by atoms with Crippen molar-refractivity contribution in [3.8, 4) is 0 Å². The van der Waals surface area contributed by atoms with Crippen molar-refractivity contribution in [1.29, 1.82) is 0 Å². The van der Waals surface area contributed by atoms with Crippen molar-refractivity contribution < 1.29 is 14.7 Å². The van der Waals surface area contributed by atoms with Crippen molar-refractivity contribution >= 4 is 5.91 Å². The van der Waals surface area contributed by atoms with E-state index in [9.17, 15) is 4.79 Å². The summed E-state index contributed by atoms with van der Waals surface area (Å²) in [6.45, 7) is 3.18. The molecule has 12 heavy (non-hydrogen) atoms. The first-order chi connectivity index (χ1) is 5.75. The molecule has 70 valence electrons. The fourth-order valence-corrected chi connectivity index (χ4v) is 1.62. The van der Waals surface area contributed by atoms with Crippen LogP contribution in [0.25, 0.3) is 0 Å². The summed E-state index contributed by atoms with van der Waals surface area (Å²) < 4.78 is 5.16. The van der Waals surface area contributed by atoms with E-state index in [1.165, 1.54) is 0 Å². The first kappa shape index (κ1) is 9.48. The van der Waals surface area contributed by atoms with Crippen LogP contribution in [0.15, 0.2) is 0 Å². The van der Waals surface area contributed by atoms with Crippen LogP contribution >= 0.6 is 0 Å². The molecule has 0 saturated carbocycles. The lowest BCUT2D eigenvalue weighted by molar-refractivity contribution is -0.145. The van der Waals surface area contributed by atoms with E-state index >= 15 is 0 Å². The maximum absolute atomic E-state index is 11.3. The van der Waals surface area contributed by atoms with Crippen LogP contribution in [0, 0.1) is 5.41 Å². The Morgan fingerprint density at radius 1 is 1.58 bits per heavy atom. The van der Waals surface area contributed by atoms with Gasteiger partial charge in [0.25, 0.3) is 0 Å². The van der Waals surface area contributed by atoms with Crippen molar-refractivity contribution in [2.24, 2.45) is 5.41 Å². The first-order valence-corrected chi connectivity index (χ1v) is 4.27. The average molecular weight is 173 g/mol. The van der Waals surface area contributed by atoms with Gasteiger partial charge in [-0.05, 0) is 19.3 Å². The van der Waals surface area contributed by atoms with Crippen LogP contribution in [0.4, 0.5) is 0 Å². The largest absolute Gasteiger partial charge is 0.381 e. The highest BCUT2D eigenvalue weighted by atomic mass is 16.5. The predicted octanol–water partition coefficient (Wildman–Crippen LogP) is 0.699. The third kappa shape index (κ3) is 1.59. The quantitative estimate of drug-likeness (QED) is 0.477. The highest BCUT2D eigenvalue weighted by Gasteiger charge is 2.37. The predicted molar refractivity (Wildman–Crippen MR) is 42.7 cm³/mol. The molecule has 0 aromatic carbocycles. The molecule has 1 heterocycles. The fourth-order valence-electron chi connectivity index (χ4n) is 1.62. The van der Waals surface area contributed by atoms with Crippen molar-refractivity contribution in [2.45, 2.75) is 26.2 Å². The SMILES string of the molecule is CCC1(C(=O)NO)CCOCC1. The third-order valence-corrected chi connectivity index (χ3v) is 2.71. The number of rotatable bonds is 2. The van der Waals surface area contributed by atoms with E-state index in [0.29, 0.717) is 26.1 Å². The zero-order valence-electron chi connectivity index (χ0n) is 7.30. The highest BCUT2D eigenvalue weighted by Crippen LogP contribution is 2.33. The summed E-state index contributed by atoms with van der Waals surface area (Å²) in [6.07, 6.45) is 2.16. The van der Waals surface area contributed by atoms with Crippen LogP contribution in [-0.4, -0.2) is 24.3 Å². The molecule has 0 bridgehead atoms. The number of hydroxylamine groups is 1. The average Bonchev–Trinajstić information content (AvgIpc) is 2.17. The van der Waals surface area contributed by atoms with E-state index in [1.807, 2.05) is 6.92 Å². The van der Waals surface area contributed by atoms with Crippen molar-refractivity contribution in [1.82, 2.24) is 5.48 Å². The first-order valence-electron chi connectivity index (χ1n) is 4.27. The van der Waals surface area contributed by atoms with Crippen LogP contribution in [0.1, 0.15) is 26.2 Å². The number of hydrogen-bond acceptors (Lipinski definition) is 3. The van der Waals surface area contributed by atoms with Gasteiger partial charge in [0.05, 0.1) is 5.41 Å². The molecule has 0 aromatic heterocycles. The number of hydrogen-bond donors (Lipinski definition) is 2. The van der Waals surface area contributed by atoms with Gasteiger partial charge in [-0.1, -0.05) is 6.92 Å². The summed E-state index contributed by atoms with van der Waals surface area (Å²) in [4.78, 5) is 11.3. The minimum Gasteiger partial charge on any atom is -0.381 e. The van der Waals surface area contributed by atoms with Crippen molar-refractivity contribution in [2.75, 3.05) is 13.2 Å². The lowest BCUT2D eigenvalue weighted by Crippen LogP contribution is -2.43. The standard InChI is InChI=1S/C8H15NO3/c1-2-8(7(10)9-11)3-5-12-6-4-8/h11H,2-6H2,1H3,(H,9,10). The second-order valence-corrected chi connectivity index (χ2v) is 3.19. The summed E-state index contributed by atoms with van der Waals surface area (Å²) in [5.41, 5.74) is 1.34. The molecule has 1 aliphatic rings. The summed E-state index contributed by atoms with van der Waals surface area (Å²) in [6, 6.07) is 0. The molecular formula is C8H15NO3. The van der Waals surface area contributed by atoms with Crippen LogP contribution in [0.2, 0.25) is 0 Å². The van der Waals surface area contributed by atoms with Gasteiger partial charge in [-0.2, -0.15) is 0 Å². The highest BCUT2D eigenvalue weighted by molar-refractivity contribution is 5.81. The number of amides is 1.